The number of hydrogen-bond donors (Lipinski definition) is 2. The quantitative estimate of drug-likeness (QED) is 0.273. The number of nitrogens with one attached hydrogen (secondary N) is 1. The molecule has 0 aliphatic rings. The molecular formula is C27H25N3O4S. The van der Waals surface area contributed by atoms with Crippen LogP contribution in [0.25, 0.3) is 10.9 Å². The highest BCUT2D eigenvalue weighted by molar-refractivity contribution is 8.00. The Hall–Kier alpha value is -3.91. The molecule has 8 heteroatoms. The lowest BCUT2D eigenvalue weighted by Crippen LogP contribution is -2.27. The van der Waals surface area contributed by atoms with Gasteiger partial charge in [0.2, 0.25) is 5.91 Å². The van der Waals surface area contributed by atoms with Crippen molar-refractivity contribution in [1.82, 2.24) is 9.55 Å². The van der Waals surface area contributed by atoms with Crippen molar-refractivity contribution in [3.63, 3.8) is 0 Å². The zero-order chi connectivity index (χ0) is 24.9. The van der Waals surface area contributed by atoms with Crippen LogP contribution >= 0.6 is 11.8 Å². The van der Waals surface area contributed by atoms with Crippen LogP contribution in [0.4, 0.5) is 5.69 Å². The van der Waals surface area contributed by atoms with E-state index in [0.29, 0.717) is 16.2 Å². The molecule has 1 atom stereocenters. The van der Waals surface area contributed by atoms with E-state index in [0.717, 1.165) is 23.7 Å². The van der Waals surface area contributed by atoms with Gasteiger partial charge in [-0.2, -0.15) is 0 Å². The van der Waals surface area contributed by atoms with Gasteiger partial charge in [0.25, 0.3) is 5.56 Å². The second-order valence-corrected chi connectivity index (χ2v) is 9.42. The van der Waals surface area contributed by atoms with Crippen molar-refractivity contribution in [1.29, 1.82) is 0 Å². The molecule has 7 nitrogen and oxygen atoms in total. The minimum atomic E-state index is -1.10. The van der Waals surface area contributed by atoms with Gasteiger partial charge in [0, 0.05) is 5.69 Å². The monoisotopic (exact) mass is 487 g/mol. The van der Waals surface area contributed by atoms with Gasteiger partial charge in [-0.1, -0.05) is 61.2 Å². The highest BCUT2D eigenvalue weighted by Crippen LogP contribution is 2.25. The standard InChI is InChI=1S/C27H25N3O4S/c1-3-18-9-12-21(13-10-18)28-24(31)17(2)35-27-29-23-15-20(26(33)34)11-14-22(23)25(32)30(27)16-19-7-5-4-6-8-19/h4-15,17H,3,16H2,1-2H3,(H,28,31)(H,33,34)/t17-/m1/s1. The summed E-state index contributed by atoms with van der Waals surface area (Å²) in [4.78, 5) is 42.4. The maximum Gasteiger partial charge on any atom is 0.335 e. The van der Waals surface area contributed by atoms with Gasteiger partial charge in [-0.15, -0.1) is 0 Å². The molecule has 0 saturated carbocycles. The molecule has 0 radical (unpaired) electrons. The zero-order valence-corrected chi connectivity index (χ0v) is 20.2. The third-order valence-corrected chi connectivity index (χ3v) is 6.72. The topological polar surface area (TPSA) is 101 Å². The van der Waals surface area contributed by atoms with Crippen molar-refractivity contribution in [3.8, 4) is 0 Å². The van der Waals surface area contributed by atoms with Gasteiger partial charge in [0.15, 0.2) is 5.16 Å². The number of fused-ring (bicyclic) bond motifs is 1. The summed E-state index contributed by atoms with van der Waals surface area (Å²) < 4.78 is 1.53. The lowest BCUT2D eigenvalue weighted by atomic mass is 10.1. The van der Waals surface area contributed by atoms with E-state index in [9.17, 15) is 19.5 Å². The van der Waals surface area contributed by atoms with E-state index in [1.165, 1.54) is 28.3 Å². The molecule has 1 aromatic heterocycles. The van der Waals surface area contributed by atoms with Crippen LogP contribution in [0.2, 0.25) is 0 Å². The first-order valence-corrected chi connectivity index (χ1v) is 12.1. The SMILES string of the molecule is CCc1ccc(NC(=O)[C@@H](C)Sc2nc3cc(C(=O)O)ccc3c(=O)n2Cc2ccccc2)cc1. The number of benzene rings is 3. The zero-order valence-electron chi connectivity index (χ0n) is 19.4. The average Bonchev–Trinajstić information content (AvgIpc) is 2.87. The molecule has 1 amide bonds. The molecule has 1 heterocycles. The number of carbonyl (C=O) groups is 2. The molecule has 0 bridgehead atoms. The first-order chi connectivity index (χ1) is 16.9. The lowest BCUT2D eigenvalue weighted by molar-refractivity contribution is -0.115. The number of thioether (sulfide) groups is 1. The summed E-state index contributed by atoms with van der Waals surface area (Å²) in [5, 5.41) is 12.4. The van der Waals surface area contributed by atoms with E-state index in [2.05, 4.69) is 17.2 Å². The Bertz CT molecular complexity index is 1430. The van der Waals surface area contributed by atoms with E-state index in [-0.39, 0.29) is 29.1 Å². The predicted octanol–water partition coefficient (Wildman–Crippen LogP) is 4.82. The highest BCUT2D eigenvalue weighted by atomic mass is 32.2. The largest absolute Gasteiger partial charge is 0.478 e. The molecule has 0 fully saturated rings. The molecule has 0 aliphatic heterocycles. The highest BCUT2D eigenvalue weighted by Gasteiger charge is 2.20. The minimum absolute atomic E-state index is 0.0440. The fourth-order valence-electron chi connectivity index (χ4n) is 3.61. The normalized spacial score (nSPS) is 11.8. The number of aryl methyl sites for hydroxylation is 1. The number of carboxylic acid groups (broad SMARTS) is 1. The number of aromatic nitrogens is 2. The van der Waals surface area contributed by atoms with Crippen LogP contribution in [0.5, 0.6) is 0 Å². The maximum atomic E-state index is 13.4. The van der Waals surface area contributed by atoms with E-state index < -0.39 is 11.2 Å². The molecule has 0 saturated heterocycles. The number of carboxylic acids is 1. The van der Waals surface area contributed by atoms with Crippen LogP contribution in [-0.2, 0) is 17.8 Å². The number of aromatic carboxylic acids is 1. The smallest absolute Gasteiger partial charge is 0.335 e. The molecule has 0 unspecified atom stereocenters. The van der Waals surface area contributed by atoms with Crippen molar-refractivity contribution < 1.29 is 14.7 Å². The Morgan fingerprint density at radius 3 is 2.40 bits per heavy atom. The van der Waals surface area contributed by atoms with Crippen molar-refractivity contribution in [2.45, 2.75) is 37.2 Å². The Morgan fingerprint density at radius 1 is 1.03 bits per heavy atom. The third-order valence-electron chi connectivity index (χ3n) is 5.63. The molecule has 4 rings (SSSR count). The van der Waals surface area contributed by atoms with E-state index >= 15 is 0 Å². The first-order valence-electron chi connectivity index (χ1n) is 11.2. The number of anilines is 1. The summed E-state index contributed by atoms with van der Waals surface area (Å²) in [5.74, 6) is -1.32. The Balaban J connectivity index is 1.68. The lowest BCUT2D eigenvalue weighted by Gasteiger charge is -2.17. The van der Waals surface area contributed by atoms with Gasteiger partial charge in [-0.05, 0) is 54.8 Å². The van der Waals surface area contributed by atoms with Gasteiger partial charge in [-0.3, -0.25) is 14.2 Å². The predicted molar refractivity (Wildman–Crippen MR) is 138 cm³/mol. The summed E-state index contributed by atoms with van der Waals surface area (Å²) >= 11 is 1.16. The van der Waals surface area contributed by atoms with Crippen LogP contribution in [0, 0.1) is 0 Å². The fourth-order valence-corrected chi connectivity index (χ4v) is 4.52. The van der Waals surface area contributed by atoms with E-state index in [1.807, 2.05) is 54.6 Å². The van der Waals surface area contributed by atoms with Gasteiger partial charge in [-0.25, -0.2) is 9.78 Å². The number of hydrogen-bond acceptors (Lipinski definition) is 5. The van der Waals surface area contributed by atoms with Crippen molar-refractivity contribution in [3.05, 3.63) is 99.8 Å². The molecule has 0 spiro atoms. The molecule has 35 heavy (non-hydrogen) atoms. The van der Waals surface area contributed by atoms with Gasteiger partial charge < -0.3 is 10.4 Å². The fraction of sp³-hybridized carbons (Fsp3) is 0.185. The molecule has 2 N–H and O–H groups in total. The second-order valence-electron chi connectivity index (χ2n) is 8.11. The third kappa shape index (κ3) is 5.60. The Labute approximate surface area is 206 Å². The van der Waals surface area contributed by atoms with Crippen molar-refractivity contribution in [2.75, 3.05) is 5.32 Å². The van der Waals surface area contributed by atoms with Crippen LogP contribution < -0.4 is 10.9 Å². The summed E-state index contributed by atoms with van der Waals surface area (Å²) in [5.41, 5.74) is 2.82. The van der Waals surface area contributed by atoms with E-state index in [1.54, 1.807) is 6.92 Å². The van der Waals surface area contributed by atoms with Crippen LogP contribution in [0.3, 0.4) is 0 Å². The first kappa shape index (κ1) is 24.2. The van der Waals surface area contributed by atoms with Crippen LogP contribution in [0.1, 0.15) is 35.3 Å². The average molecular weight is 488 g/mol. The van der Waals surface area contributed by atoms with E-state index in [4.69, 9.17) is 0 Å². The Morgan fingerprint density at radius 2 is 1.74 bits per heavy atom. The maximum absolute atomic E-state index is 13.4. The number of nitrogens with zero attached hydrogens (tertiary/aromatic N) is 2. The van der Waals surface area contributed by atoms with Crippen molar-refractivity contribution in [2.24, 2.45) is 0 Å². The second kappa shape index (κ2) is 10.6. The number of rotatable bonds is 8. The van der Waals surface area contributed by atoms with Crippen molar-refractivity contribution >= 4 is 40.2 Å². The number of carbonyl (C=O) groups excluding carboxylic acids is 1. The van der Waals surface area contributed by atoms with Crippen LogP contribution in [0.15, 0.2) is 82.7 Å². The molecule has 0 aliphatic carbocycles. The molecule has 178 valence electrons. The summed E-state index contributed by atoms with van der Waals surface area (Å²) in [6.07, 6.45) is 0.913. The van der Waals surface area contributed by atoms with Gasteiger partial charge in [0.05, 0.1) is 28.3 Å². The van der Waals surface area contributed by atoms with Crippen LogP contribution in [-0.4, -0.2) is 31.8 Å². The van der Waals surface area contributed by atoms with Gasteiger partial charge >= 0.3 is 5.97 Å². The number of amides is 1. The Kier molecular flexibility index (Phi) is 7.31. The summed E-state index contributed by atoms with van der Waals surface area (Å²) in [7, 11) is 0. The molecule has 3 aromatic carbocycles. The minimum Gasteiger partial charge on any atom is -0.478 e. The summed E-state index contributed by atoms with van der Waals surface area (Å²) in [6, 6.07) is 21.4. The van der Waals surface area contributed by atoms with Gasteiger partial charge in [0.1, 0.15) is 0 Å². The molecular weight excluding hydrogens is 462 g/mol. The summed E-state index contributed by atoms with van der Waals surface area (Å²) in [6.45, 7) is 4.09. The molecule has 4 aromatic rings.